The highest BCUT2D eigenvalue weighted by Crippen LogP contribution is 2.16. The number of nitrogens with zero attached hydrogens (tertiary/aromatic N) is 1. The maximum Gasteiger partial charge on any atom is 0.337 e. The molecule has 0 saturated heterocycles. The van der Waals surface area contributed by atoms with Crippen molar-refractivity contribution in [3.05, 3.63) is 34.4 Å². The maximum atomic E-state index is 10.7. The Kier molecular flexibility index (Phi) is 2.85. The van der Waals surface area contributed by atoms with Crippen LogP contribution in [0.5, 0.6) is 0 Å². The third-order valence-corrected chi connectivity index (χ3v) is 2.00. The zero-order valence-electron chi connectivity index (χ0n) is 7.61. The highest BCUT2D eigenvalue weighted by Gasteiger charge is 2.12. The number of hydrogen-bond donors (Lipinski definition) is 2. The average Bonchev–Trinajstić information content (AvgIpc) is 2.17. The number of carboxylic acids is 1. The van der Waals surface area contributed by atoms with Crippen molar-refractivity contribution in [2.45, 2.75) is 13.5 Å². The molecule has 0 atom stereocenters. The molecule has 0 spiro atoms. The predicted molar refractivity (Wildman–Crippen MR) is 48.8 cm³/mol. The van der Waals surface area contributed by atoms with Crippen molar-refractivity contribution >= 4 is 5.97 Å². The van der Waals surface area contributed by atoms with Crippen molar-refractivity contribution < 1.29 is 15.0 Å². The van der Waals surface area contributed by atoms with Gasteiger partial charge in [0.2, 0.25) is 0 Å². The Balaban J connectivity index is 3.41. The SMILES string of the molecule is Cc1cc(C(=O)O)c(C#N)cc1CO. The van der Waals surface area contributed by atoms with Gasteiger partial charge in [0.15, 0.2) is 0 Å². The summed E-state index contributed by atoms with van der Waals surface area (Å²) in [5.74, 6) is -1.13. The van der Waals surface area contributed by atoms with E-state index in [9.17, 15) is 4.79 Å². The zero-order valence-corrected chi connectivity index (χ0v) is 7.61. The molecule has 1 aromatic rings. The topological polar surface area (TPSA) is 81.3 Å². The molecule has 1 rings (SSSR count). The number of benzene rings is 1. The summed E-state index contributed by atoms with van der Waals surface area (Å²) in [7, 11) is 0. The Labute approximate surface area is 81.0 Å². The minimum atomic E-state index is -1.13. The molecule has 0 unspecified atom stereocenters. The third-order valence-electron chi connectivity index (χ3n) is 2.00. The molecule has 0 bridgehead atoms. The summed E-state index contributed by atoms with van der Waals surface area (Å²) < 4.78 is 0. The van der Waals surface area contributed by atoms with Gasteiger partial charge in [-0.25, -0.2) is 4.79 Å². The van der Waals surface area contributed by atoms with E-state index in [1.807, 2.05) is 0 Å². The average molecular weight is 191 g/mol. The molecule has 0 fully saturated rings. The van der Waals surface area contributed by atoms with Gasteiger partial charge in [-0.05, 0) is 30.2 Å². The van der Waals surface area contributed by atoms with Crippen LogP contribution in [0.25, 0.3) is 0 Å². The molecule has 4 heteroatoms. The lowest BCUT2D eigenvalue weighted by Gasteiger charge is -2.05. The van der Waals surface area contributed by atoms with Crippen LogP contribution in [0.1, 0.15) is 27.0 Å². The second kappa shape index (κ2) is 3.90. The van der Waals surface area contributed by atoms with E-state index in [0.717, 1.165) is 0 Å². The van der Waals surface area contributed by atoms with E-state index in [2.05, 4.69) is 0 Å². The molecule has 72 valence electrons. The Hall–Kier alpha value is -1.86. The summed E-state index contributed by atoms with van der Waals surface area (Å²) in [6.07, 6.45) is 0. The van der Waals surface area contributed by atoms with Gasteiger partial charge in [-0.3, -0.25) is 0 Å². The fraction of sp³-hybridized carbons (Fsp3) is 0.200. The Morgan fingerprint density at radius 2 is 2.21 bits per heavy atom. The van der Waals surface area contributed by atoms with E-state index < -0.39 is 5.97 Å². The summed E-state index contributed by atoms with van der Waals surface area (Å²) >= 11 is 0. The minimum Gasteiger partial charge on any atom is -0.478 e. The van der Waals surface area contributed by atoms with Crippen LogP contribution < -0.4 is 0 Å². The lowest BCUT2D eigenvalue weighted by atomic mass is 10.0. The standard InChI is InChI=1S/C10H9NO3/c1-6-2-9(10(13)14)7(4-11)3-8(6)5-12/h2-3,12H,5H2,1H3,(H,13,14). The monoisotopic (exact) mass is 191 g/mol. The number of carboxylic acid groups (broad SMARTS) is 1. The van der Waals surface area contributed by atoms with Crippen molar-refractivity contribution in [3.63, 3.8) is 0 Å². The lowest BCUT2D eigenvalue weighted by molar-refractivity contribution is 0.0696. The molecule has 4 nitrogen and oxygen atoms in total. The minimum absolute atomic E-state index is 0.0257. The van der Waals surface area contributed by atoms with Gasteiger partial charge >= 0.3 is 5.97 Å². The normalized spacial score (nSPS) is 9.50. The first-order chi connectivity index (χ1) is 6.60. The van der Waals surface area contributed by atoms with E-state index in [0.29, 0.717) is 11.1 Å². The zero-order chi connectivity index (χ0) is 10.7. The number of aliphatic hydroxyl groups is 1. The number of carbonyl (C=O) groups is 1. The first kappa shape index (κ1) is 10.2. The van der Waals surface area contributed by atoms with E-state index in [-0.39, 0.29) is 17.7 Å². The first-order valence-electron chi connectivity index (χ1n) is 3.98. The number of rotatable bonds is 2. The molecule has 0 aliphatic heterocycles. The van der Waals surface area contributed by atoms with Crippen molar-refractivity contribution in [1.82, 2.24) is 0 Å². The smallest absolute Gasteiger partial charge is 0.337 e. The van der Waals surface area contributed by atoms with E-state index in [1.165, 1.54) is 12.1 Å². The number of hydrogen-bond acceptors (Lipinski definition) is 3. The fourth-order valence-electron chi connectivity index (χ4n) is 1.19. The fourth-order valence-corrected chi connectivity index (χ4v) is 1.19. The van der Waals surface area contributed by atoms with Crippen molar-refractivity contribution in [3.8, 4) is 6.07 Å². The molecule has 2 N–H and O–H groups in total. The van der Waals surface area contributed by atoms with Crippen molar-refractivity contribution in [2.75, 3.05) is 0 Å². The molecule has 0 aliphatic rings. The largest absolute Gasteiger partial charge is 0.478 e. The summed E-state index contributed by atoms with van der Waals surface area (Å²) in [5.41, 5.74) is 1.30. The Morgan fingerprint density at radius 1 is 1.57 bits per heavy atom. The van der Waals surface area contributed by atoms with Gasteiger partial charge in [0.25, 0.3) is 0 Å². The van der Waals surface area contributed by atoms with Crippen LogP contribution in [0.15, 0.2) is 12.1 Å². The summed E-state index contributed by atoms with van der Waals surface area (Å²) in [6, 6.07) is 4.58. The summed E-state index contributed by atoms with van der Waals surface area (Å²) in [5, 5.41) is 26.4. The van der Waals surface area contributed by atoms with Crippen LogP contribution in [-0.4, -0.2) is 16.2 Å². The summed E-state index contributed by atoms with van der Waals surface area (Å²) in [6.45, 7) is 1.50. The van der Waals surface area contributed by atoms with E-state index >= 15 is 0 Å². The van der Waals surface area contributed by atoms with Crippen molar-refractivity contribution in [2.24, 2.45) is 0 Å². The molecule has 1 aromatic carbocycles. The van der Waals surface area contributed by atoms with Crippen LogP contribution in [-0.2, 0) is 6.61 Å². The molecule has 0 saturated carbocycles. The molecule has 0 heterocycles. The predicted octanol–water partition coefficient (Wildman–Crippen LogP) is 1.06. The molecular weight excluding hydrogens is 182 g/mol. The van der Waals surface area contributed by atoms with Gasteiger partial charge < -0.3 is 10.2 Å². The Bertz CT molecular complexity index is 418. The highest BCUT2D eigenvalue weighted by molar-refractivity contribution is 5.91. The summed E-state index contributed by atoms with van der Waals surface area (Å²) in [4.78, 5) is 10.7. The molecule has 0 amide bonds. The quantitative estimate of drug-likeness (QED) is 0.732. The number of aryl methyl sites for hydroxylation is 1. The van der Waals surface area contributed by atoms with Gasteiger partial charge in [0.05, 0.1) is 17.7 Å². The maximum absolute atomic E-state index is 10.7. The second-order valence-electron chi connectivity index (χ2n) is 2.90. The van der Waals surface area contributed by atoms with Gasteiger partial charge in [-0.1, -0.05) is 0 Å². The van der Waals surface area contributed by atoms with Crippen LogP contribution in [0.2, 0.25) is 0 Å². The third kappa shape index (κ3) is 1.73. The van der Waals surface area contributed by atoms with E-state index in [1.54, 1.807) is 13.0 Å². The second-order valence-corrected chi connectivity index (χ2v) is 2.90. The number of aliphatic hydroxyl groups excluding tert-OH is 1. The van der Waals surface area contributed by atoms with Gasteiger partial charge in [0, 0.05) is 0 Å². The Morgan fingerprint density at radius 3 is 2.64 bits per heavy atom. The molecular formula is C10H9NO3. The van der Waals surface area contributed by atoms with Crippen LogP contribution in [0, 0.1) is 18.3 Å². The van der Waals surface area contributed by atoms with Gasteiger partial charge in [0.1, 0.15) is 6.07 Å². The van der Waals surface area contributed by atoms with Crippen LogP contribution in [0.3, 0.4) is 0 Å². The van der Waals surface area contributed by atoms with Crippen LogP contribution in [0.4, 0.5) is 0 Å². The highest BCUT2D eigenvalue weighted by atomic mass is 16.4. The molecule has 0 aliphatic carbocycles. The van der Waals surface area contributed by atoms with Crippen molar-refractivity contribution in [1.29, 1.82) is 5.26 Å². The van der Waals surface area contributed by atoms with Crippen LogP contribution >= 0.6 is 0 Å². The molecule has 0 aromatic heterocycles. The molecule has 0 radical (unpaired) electrons. The van der Waals surface area contributed by atoms with Gasteiger partial charge in [-0.15, -0.1) is 0 Å². The first-order valence-corrected chi connectivity index (χ1v) is 3.98. The lowest BCUT2D eigenvalue weighted by Crippen LogP contribution is -2.03. The van der Waals surface area contributed by atoms with E-state index in [4.69, 9.17) is 15.5 Å². The number of nitriles is 1. The number of aromatic carboxylic acids is 1. The van der Waals surface area contributed by atoms with Gasteiger partial charge in [-0.2, -0.15) is 5.26 Å². The molecule has 14 heavy (non-hydrogen) atoms.